The summed E-state index contributed by atoms with van der Waals surface area (Å²) in [6.07, 6.45) is 0.418. The topological polar surface area (TPSA) is 50.4 Å². The zero-order chi connectivity index (χ0) is 15.8. The Balaban J connectivity index is 1.74. The van der Waals surface area contributed by atoms with Crippen LogP contribution in [0.3, 0.4) is 0 Å². The SMILES string of the molecule is CCOc1ccc(NCCC(=O)Nc2cccc(C)c2)cc1. The van der Waals surface area contributed by atoms with E-state index < -0.39 is 0 Å². The summed E-state index contributed by atoms with van der Waals surface area (Å²) in [5.41, 5.74) is 2.95. The molecule has 1 amide bonds. The number of carbonyl (C=O) groups is 1. The Hall–Kier alpha value is -2.49. The number of rotatable bonds is 7. The van der Waals surface area contributed by atoms with Gasteiger partial charge in [-0.2, -0.15) is 0 Å². The summed E-state index contributed by atoms with van der Waals surface area (Å²) in [5.74, 6) is 0.856. The first-order valence-electron chi connectivity index (χ1n) is 7.50. The van der Waals surface area contributed by atoms with Crippen molar-refractivity contribution in [2.75, 3.05) is 23.8 Å². The lowest BCUT2D eigenvalue weighted by atomic mass is 10.2. The number of hydrogen-bond acceptors (Lipinski definition) is 3. The van der Waals surface area contributed by atoms with Crippen LogP contribution in [0.1, 0.15) is 18.9 Å². The molecule has 2 aromatic rings. The van der Waals surface area contributed by atoms with Crippen molar-refractivity contribution < 1.29 is 9.53 Å². The van der Waals surface area contributed by atoms with Gasteiger partial charge in [0.15, 0.2) is 0 Å². The molecular weight excluding hydrogens is 276 g/mol. The maximum absolute atomic E-state index is 11.9. The molecule has 2 aromatic carbocycles. The van der Waals surface area contributed by atoms with Crippen LogP contribution in [0, 0.1) is 6.92 Å². The summed E-state index contributed by atoms with van der Waals surface area (Å²) in [7, 11) is 0. The largest absolute Gasteiger partial charge is 0.494 e. The maximum Gasteiger partial charge on any atom is 0.226 e. The number of carbonyl (C=O) groups excluding carboxylic acids is 1. The number of amides is 1. The highest BCUT2D eigenvalue weighted by Crippen LogP contribution is 2.15. The van der Waals surface area contributed by atoms with Crippen LogP contribution in [0.4, 0.5) is 11.4 Å². The molecule has 4 nitrogen and oxygen atoms in total. The van der Waals surface area contributed by atoms with Gasteiger partial charge < -0.3 is 15.4 Å². The number of hydrogen-bond donors (Lipinski definition) is 2. The van der Waals surface area contributed by atoms with E-state index in [4.69, 9.17) is 4.74 Å². The molecule has 116 valence electrons. The fourth-order valence-corrected chi connectivity index (χ4v) is 2.10. The lowest BCUT2D eigenvalue weighted by molar-refractivity contribution is -0.115. The fourth-order valence-electron chi connectivity index (χ4n) is 2.10. The van der Waals surface area contributed by atoms with Gasteiger partial charge in [-0.1, -0.05) is 12.1 Å². The molecule has 2 N–H and O–H groups in total. The molecule has 0 aromatic heterocycles. The minimum Gasteiger partial charge on any atom is -0.494 e. The molecule has 0 spiro atoms. The minimum absolute atomic E-state index is 0.00374. The van der Waals surface area contributed by atoms with Crippen molar-refractivity contribution in [3.8, 4) is 5.75 Å². The lowest BCUT2D eigenvalue weighted by Crippen LogP contribution is -2.16. The quantitative estimate of drug-likeness (QED) is 0.816. The highest BCUT2D eigenvalue weighted by atomic mass is 16.5. The van der Waals surface area contributed by atoms with Gasteiger partial charge in [-0.15, -0.1) is 0 Å². The molecule has 0 saturated carbocycles. The number of anilines is 2. The summed E-state index contributed by atoms with van der Waals surface area (Å²) in [6, 6.07) is 15.5. The van der Waals surface area contributed by atoms with Crippen molar-refractivity contribution in [1.29, 1.82) is 0 Å². The van der Waals surface area contributed by atoms with Crippen molar-refractivity contribution in [2.24, 2.45) is 0 Å². The van der Waals surface area contributed by atoms with E-state index in [1.54, 1.807) is 0 Å². The first-order valence-corrected chi connectivity index (χ1v) is 7.50. The average Bonchev–Trinajstić information content (AvgIpc) is 2.49. The standard InChI is InChI=1S/C18H22N2O2/c1-3-22-17-9-7-15(8-10-17)19-12-11-18(21)20-16-6-4-5-14(2)13-16/h4-10,13,19H,3,11-12H2,1-2H3,(H,20,21). The Labute approximate surface area is 131 Å². The van der Waals surface area contributed by atoms with Crippen LogP contribution >= 0.6 is 0 Å². The summed E-state index contributed by atoms with van der Waals surface area (Å²) in [6.45, 7) is 5.21. The van der Waals surface area contributed by atoms with Crippen molar-refractivity contribution in [3.05, 3.63) is 54.1 Å². The predicted molar refractivity (Wildman–Crippen MR) is 90.5 cm³/mol. The molecule has 0 fully saturated rings. The first kappa shape index (κ1) is 15.9. The minimum atomic E-state index is 0.00374. The maximum atomic E-state index is 11.9. The highest BCUT2D eigenvalue weighted by Gasteiger charge is 2.02. The zero-order valence-electron chi connectivity index (χ0n) is 13.1. The molecule has 4 heteroatoms. The summed E-state index contributed by atoms with van der Waals surface area (Å²) in [5, 5.41) is 6.12. The first-order chi connectivity index (χ1) is 10.7. The molecule has 0 unspecified atom stereocenters. The number of benzene rings is 2. The summed E-state index contributed by atoms with van der Waals surface area (Å²) < 4.78 is 5.39. The van der Waals surface area contributed by atoms with Crippen molar-refractivity contribution in [2.45, 2.75) is 20.3 Å². The molecule has 0 atom stereocenters. The van der Waals surface area contributed by atoms with Gasteiger partial charge in [-0.05, 0) is 55.8 Å². The molecule has 0 bridgehead atoms. The van der Waals surface area contributed by atoms with Crippen LogP contribution in [0.15, 0.2) is 48.5 Å². The van der Waals surface area contributed by atoms with E-state index in [9.17, 15) is 4.79 Å². The third kappa shape index (κ3) is 5.13. The zero-order valence-corrected chi connectivity index (χ0v) is 13.1. The Morgan fingerprint density at radius 1 is 1.09 bits per heavy atom. The molecule has 22 heavy (non-hydrogen) atoms. The van der Waals surface area contributed by atoms with E-state index in [-0.39, 0.29) is 5.91 Å². The molecule has 0 aliphatic rings. The van der Waals surface area contributed by atoms with Crippen LogP contribution in [0.25, 0.3) is 0 Å². The van der Waals surface area contributed by atoms with Gasteiger partial charge in [0.25, 0.3) is 0 Å². The second-order valence-corrected chi connectivity index (χ2v) is 5.05. The van der Waals surface area contributed by atoms with E-state index in [1.165, 1.54) is 0 Å². The Morgan fingerprint density at radius 3 is 2.55 bits per heavy atom. The second-order valence-electron chi connectivity index (χ2n) is 5.05. The van der Waals surface area contributed by atoms with Crippen molar-refractivity contribution in [1.82, 2.24) is 0 Å². The van der Waals surface area contributed by atoms with Gasteiger partial charge in [0.1, 0.15) is 5.75 Å². The van der Waals surface area contributed by atoms with Gasteiger partial charge in [-0.3, -0.25) is 4.79 Å². The van der Waals surface area contributed by atoms with Crippen molar-refractivity contribution in [3.63, 3.8) is 0 Å². The van der Waals surface area contributed by atoms with E-state index >= 15 is 0 Å². The van der Waals surface area contributed by atoms with Gasteiger partial charge >= 0.3 is 0 Å². The monoisotopic (exact) mass is 298 g/mol. The van der Waals surface area contributed by atoms with E-state index in [0.717, 1.165) is 22.7 Å². The van der Waals surface area contributed by atoms with Gasteiger partial charge in [-0.25, -0.2) is 0 Å². The molecule has 0 saturated heterocycles. The van der Waals surface area contributed by atoms with E-state index in [0.29, 0.717) is 19.6 Å². The molecule has 0 aliphatic heterocycles. The molecule has 0 aliphatic carbocycles. The molecule has 2 rings (SSSR count). The number of nitrogens with one attached hydrogen (secondary N) is 2. The normalized spacial score (nSPS) is 10.1. The Bertz CT molecular complexity index is 609. The van der Waals surface area contributed by atoms with Crippen LogP contribution in [-0.4, -0.2) is 19.1 Å². The van der Waals surface area contributed by atoms with Crippen LogP contribution < -0.4 is 15.4 Å². The Morgan fingerprint density at radius 2 is 1.86 bits per heavy atom. The second kappa shape index (κ2) is 8.08. The lowest BCUT2D eigenvalue weighted by Gasteiger charge is -2.09. The van der Waals surface area contributed by atoms with Gasteiger partial charge in [0.05, 0.1) is 6.61 Å². The van der Waals surface area contributed by atoms with Crippen LogP contribution in [-0.2, 0) is 4.79 Å². The third-order valence-corrected chi connectivity index (χ3v) is 3.15. The van der Waals surface area contributed by atoms with E-state index in [2.05, 4.69) is 10.6 Å². The fraction of sp³-hybridized carbons (Fsp3) is 0.278. The summed E-state index contributed by atoms with van der Waals surface area (Å²) >= 11 is 0. The van der Waals surface area contributed by atoms with Crippen LogP contribution in [0.2, 0.25) is 0 Å². The number of aryl methyl sites for hydroxylation is 1. The van der Waals surface area contributed by atoms with Gasteiger partial charge in [0, 0.05) is 24.3 Å². The van der Waals surface area contributed by atoms with Crippen LogP contribution in [0.5, 0.6) is 5.75 Å². The molecule has 0 radical (unpaired) electrons. The Kier molecular flexibility index (Phi) is 5.83. The van der Waals surface area contributed by atoms with E-state index in [1.807, 2.05) is 62.4 Å². The predicted octanol–water partition coefficient (Wildman–Crippen LogP) is 3.83. The summed E-state index contributed by atoms with van der Waals surface area (Å²) in [4.78, 5) is 11.9. The van der Waals surface area contributed by atoms with Gasteiger partial charge in [0.2, 0.25) is 5.91 Å². The van der Waals surface area contributed by atoms with Crippen molar-refractivity contribution >= 4 is 17.3 Å². The molecule has 0 heterocycles. The highest BCUT2D eigenvalue weighted by molar-refractivity contribution is 5.91. The number of ether oxygens (including phenoxy) is 1. The average molecular weight is 298 g/mol. The third-order valence-electron chi connectivity index (χ3n) is 3.15. The molecular formula is C18H22N2O2. The smallest absolute Gasteiger partial charge is 0.226 e.